The van der Waals surface area contributed by atoms with Crippen LogP contribution in [-0.4, -0.2) is 21.5 Å². The van der Waals surface area contributed by atoms with Gasteiger partial charge in [0.1, 0.15) is 5.69 Å². The summed E-state index contributed by atoms with van der Waals surface area (Å²) in [6.07, 6.45) is 2.14. The number of hydrogen-bond donors (Lipinski definition) is 0. The zero-order chi connectivity index (χ0) is 18.7. The van der Waals surface area contributed by atoms with E-state index in [0.29, 0.717) is 47.4 Å². The normalized spacial score (nSPS) is 11.0. The molecule has 0 saturated heterocycles. The maximum atomic E-state index is 12.6. The third-order valence-corrected chi connectivity index (χ3v) is 4.34. The third kappa shape index (κ3) is 3.53. The van der Waals surface area contributed by atoms with Crippen LogP contribution in [0.1, 0.15) is 60.4 Å². The Bertz CT molecular complexity index is 978. The number of hydrogen-bond acceptors (Lipinski definition) is 5. The van der Waals surface area contributed by atoms with Crippen LogP contribution in [0.25, 0.3) is 22.7 Å². The first-order valence-corrected chi connectivity index (χ1v) is 9.05. The van der Waals surface area contributed by atoms with Crippen molar-refractivity contribution >= 4 is 34.4 Å². The first-order chi connectivity index (χ1) is 12.5. The summed E-state index contributed by atoms with van der Waals surface area (Å²) in [6.45, 7) is 3.85. The van der Waals surface area contributed by atoms with Crippen molar-refractivity contribution in [3.63, 3.8) is 0 Å². The number of carbonyl (C=O) groups is 2. The fraction of sp³-hybridized carbons (Fsp3) is 0.300. The third-order valence-electron chi connectivity index (χ3n) is 4.01. The summed E-state index contributed by atoms with van der Waals surface area (Å²) in [5, 5.41) is 0.489. The molecule has 6 heteroatoms. The average molecular weight is 371 g/mol. The Balaban J connectivity index is 2.19. The molecule has 0 radical (unpaired) electrons. The number of aromatic nitrogens is 2. The molecule has 0 fully saturated rings. The summed E-state index contributed by atoms with van der Waals surface area (Å²) in [7, 11) is 0. The molecule has 0 amide bonds. The largest absolute Gasteiger partial charge is 0.433 e. The van der Waals surface area contributed by atoms with Crippen LogP contribution in [0.15, 0.2) is 34.7 Å². The Kier molecular flexibility index (Phi) is 5.47. The molecule has 0 aliphatic heterocycles. The molecule has 134 valence electrons. The van der Waals surface area contributed by atoms with Crippen molar-refractivity contribution in [2.45, 2.75) is 39.5 Å². The fourth-order valence-corrected chi connectivity index (χ4v) is 2.95. The van der Waals surface area contributed by atoms with Crippen molar-refractivity contribution in [3.8, 4) is 11.5 Å². The molecule has 2 heterocycles. The van der Waals surface area contributed by atoms with Gasteiger partial charge in [0.15, 0.2) is 17.1 Å². The zero-order valence-electron chi connectivity index (χ0n) is 14.7. The van der Waals surface area contributed by atoms with Gasteiger partial charge in [-0.05, 0) is 31.0 Å². The van der Waals surface area contributed by atoms with Gasteiger partial charge in [0.2, 0.25) is 11.5 Å². The molecular formula is C20H19ClN2O3. The van der Waals surface area contributed by atoms with Crippen LogP contribution in [0.3, 0.4) is 0 Å². The van der Waals surface area contributed by atoms with E-state index in [1.807, 2.05) is 26.0 Å². The van der Waals surface area contributed by atoms with Crippen molar-refractivity contribution in [1.82, 2.24) is 9.97 Å². The van der Waals surface area contributed by atoms with E-state index in [0.717, 1.165) is 0 Å². The number of pyridine rings is 1. The lowest BCUT2D eigenvalue weighted by molar-refractivity contribution is 0.0977. The van der Waals surface area contributed by atoms with Crippen LogP contribution >= 0.6 is 11.6 Å². The molecule has 0 N–H and O–H groups in total. The van der Waals surface area contributed by atoms with Gasteiger partial charge in [-0.15, -0.1) is 0 Å². The minimum atomic E-state index is -0.109. The van der Waals surface area contributed by atoms with Gasteiger partial charge >= 0.3 is 0 Å². The average Bonchev–Trinajstić information content (AvgIpc) is 3.05. The van der Waals surface area contributed by atoms with E-state index in [2.05, 4.69) is 9.97 Å². The van der Waals surface area contributed by atoms with Crippen molar-refractivity contribution in [3.05, 3.63) is 46.6 Å². The van der Waals surface area contributed by atoms with Gasteiger partial charge in [-0.2, -0.15) is 4.98 Å². The number of Topliss-reactive ketones (excluding diaryl/α,β-unsaturated/α-hetero) is 2. The summed E-state index contributed by atoms with van der Waals surface area (Å²) < 4.78 is 5.84. The Labute approximate surface area is 156 Å². The highest BCUT2D eigenvalue weighted by molar-refractivity contribution is 6.33. The van der Waals surface area contributed by atoms with Gasteiger partial charge in [0, 0.05) is 12.8 Å². The predicted octanol–water partition coefficient (Wildman–Crippen LogP) is 5.51. The highest BCUT2D eigenvalue weighted by Gasteiger charge is 2.21. The molecule has 0 unspecified atom stereocenters. The molecule has 5 nitrogen and oxygen atoms in total. The number of oxazole rings is 1. The second kappa shape index (κ2) is 7.79. The monoisotopic (exact) mass is 370 g/mol. The quantitative estimate of drug-likeness (QED) is 0.513. The molecule has 3 aromatic rings. The minimum absolute atomic E-state index is 0.0905. The second-order valence-electron chi connectivity index (χ2n) is 6.05. The molecule has 2 aromatic heterocycles. The zero-order valence-corrected chi connectivity index (χ0v) is 15.5. The molecule has 26 heavy (non-hydrogen) atoms. The van der Waals surface area contributed by atoms with E-state index in [4.69, 9.17) is 16.0 Å². The van der Waals surface area contributed by atoms with Crippen LogP contribution in [0, 0.1) is 0 Å². The lowest BCUT2D eigenvalue weighted by Gasteiger charge is -2.03. The molecule has 0 bridgehead atoms. The first-order valence-electron chi connectivity index (χ1n) is 8.68. The topological polar surface area (TPSA) is 73.1 Å². The molecule has 3 rings (SSSR count). The fourth-order valence-electron chi connectivity index (χ4n) is 2.73. The van der Waals surface area contributed by atoms with E-state index in [9.17, 15) is 9.59 Å². The van der Waals surface area contributed by atoms with E-state index in [-0.39, 0.29) is 28.8 Å². The van der Waals surface area contributed by atoms with Gasteiger partial charge in [-0.25, -0.2) is 4.98 Å². The highest BCUT2D eigenvalue weighted by atomic mass is 35.5. The molecule has 0 aliphatic carbocycles. The lowest BCUT2D eigenvalue weighted by Crippen LogP contribution is -2.07. The standard InChI is InChI=1S/C20H19ClN2O3/c1-3-7-16(24)13-11-15(17(25)8-4-2)22-19-18(13)26-20(23-19)12-9-5-6-10-14(12)21/h5-6,9-11H,3-4,7-8H2,1-2H3. The van der Waals surface area contributed by atoms with Gasteiger partial charge in [0.25, 0.3) is 0 Å². The Hall–Kier alpha value is -2.53. The smallest absolute Gasteiger partial charge is 0.230 e. The van der Waals surface area contributed by atoms with Crippen LogP contribution in [0.2, 0.25) is 5.02 Å². The molecule has 1 aromatic carbocycles. The van der Waals surface area contributed by atoms with E-state index in [1.54, 1.807) is 12.1 Å². The summed E-state index contributed by atoms with van der Waals surface area (Å²) >= 11 is 6.22. The van der Waals surface area contributed by atoms with E-state index >= 15 is 0 Å². The second-order valence-corrected chi connectivity index (χ2v) is 6.46. The SMILES string of the molecule is CCCC(=O)c1cc(C(=O)CCC)c2oc(-c3ccccc3Cl)nc2n1. The number of carbonyl (C=O) groups excluding carboxylic acids is 2. The summed E-state index contributed by atoms with van der Waals surface area (Å²) in [6, 6.07) is 8.68. The first kappa shape index (κ1) is 18.3. The maximum absolute atomic E-state index is 12.6. The van der Waals surface area contributed by atoms with Crippen molar-refractivity contribution < 1.29 is 14.0 Å². The van der Waals surface area contributed by atoms with Gasteiger partial charge in [-0.1, -0.05) is 37.6 Å². The number of halogens is 1. The molecule has 0 saturated carbocycles. The Morgan fingerprint density at radius 2 is 1.73 bits per heavy atom. The lowest BCUT2D eigenvalue weighted by atomic mass is 10.0. The van der Waals surface area contributed by atoms with Crippen LogP contribution in [0.5, 0.6) is 0 Å². The Morgan fingerprint density at radius 1 is 1.04 bits per heavy atom. The van der Waals surface area contributed by atoms with Crippen molar-refractivity contribution in [2.24, 2.45) is 0 Å². The molecular weight excluding hydrogens is 352 g/mol. The van der Waals surface area contributed by atoms with Gasteiger partial charge < -0.3 is 4.42 Å². The number of benzene rings is 1. The molecule has 0 spiro atoms. The van der Waals surface area contributed by atoms with E-state index < -0.39 is 0 Å². The van der Waals surface area contributed by atoms with Gasteiger partial charge in [-0.3, -0.25) is 9.59 Å². The number of rotatable bonds is 7. The van der Waals surface area contributed by atoms with Crippen LogP contribution < -0.4 is 0 Å². The maximum Gasteiger partial charge on any atom is 0.230 e. The summed E-state index contributed by atoms with van der Waals surface area (Å²) in [5.74, 6) is 0.0817. The summed E-state index contributed by atoms with van der Waals surface area (Å²) in [5.41, 5.74) is 1.76. The summed E-state index contributed by atoms with van der Waals surface area (Å²) in [4.78, 5) is 33.6. The van der Waals surface area contributed by atoms with Crippen LogP contribution in [-0.2, 0) is 0 Å². The number of fused-ring (bicyclic) bond motifs is 1. The predicted molar refractivity (Wildman–Crippen MR) is 101 cm³/mol. The van der Waals surface area contributed by atoms with Crippen LogP contribution in [0.4, 0.5) is 0 Å². The highest BCUT2D eigenvalue weighted by Crippen LogP contribution is 2.31. The molecule has 0 atom stereocenters. The number of nitrogens with zero attached hydrogens (tertiary/aromatic N) is 2. The number of ketones is 2. The van der Waals surface area contributed by atoms with Crippen molar-refractivity contribution in [1.29, 1.82) is 0 Å². The van der Waals surface area contributed by atoms with Crippen molar-refractivity contribution in [2.75, 3.05) is 0 Å². The Morgan fingerprint density at radius 3 is 2.42 bits per heavy atom. The van der Waals surface area contributed by atoms with E-state index in [1.165, 1.54) is 6.07 Å². The molecule has 0 aliphatic rings. The minimum Gasteiger partial charge on any atom is -0.433 e. The van der Waals surface area contributed by atoms with Gasteiger partial charge in [0.05, 0.1) is 16.1 Å².